The maximum Gasteiger partial charge on any atom is 0.256 e. The van der Waals surface area contributed by atoms with Crippen LogP contribution in [0.4, 0.5) is 5.69 Å². The molecule has 3 rings (SSSR count). The maximum absolute atomic E-state index is 12.7. The second-order valence-corrected chi connectivity index (χ2v) is 6.09. The van der Waals surface area contributed by atoms with Crippen LogP contribution in [0, 0.1) is 11.8 Å². The van der Waals surface area contributed by atoms with Gasteiger partial charge in [0.2, 0.25) is 0 Å². The molecular weight excluding hydrogens is 300 g/mol. The van der Waals surface area contributed by atoms with Crippen LogP contribution in [-0.2, 0) is 11.2 Å². The molecule has 1 amide bonds. The molecule has 1 aromatic carbocycles. The third-order valence-corrected chi connectivity index (χ3v) is 3.96. The summed E-state index contributed by atoms with van der Waals surface area (Å²) in [5.41, 5.74) is 1.57. The molecule has 0 aliphatic carbocycles. The second-order valence-electron chi connectivity index (χ2n) is 5.65. The van der Waals surface area contributed by atoms with E-state index in [0.29, 0.717) is 11.4 Å². The Morgan fingerprint density at radius 1 is 1.32 bits per heavy atom. The first-order valence-corrected chi connectivity index (χ1v) is 7.59. The molecule has 5 nitrogen and oxygen atoms in total. The van der Waals surface area contributed by atoms with Gasteiger partial charge in [-0.1, -0.05) is 25.4 Å². The van der Waals surface area contributed by atoms with E-state index in [1.54, 1.807) is 36.7 Å². The van der Waals surface area contributed by atoms with Gasteiger partial charge in [-0.05, 0) is 30.2 Å². The molecule has 1 unspecified atom stereocenters. The van der Waals surface area contributed by atoms with Crippen LogP contribution in [0.2, 0.25) is 5.02 Å². The van der Waals surface area contributed by atoms with E-state index in [1.165, 1.54) is 5.01 Å². The number of aromatic amines is 1. The van der Waals surface area contributed by atoms with E-state index < -0.39 is 0 Å². The van der Waals surface area contributed by atoms with Gasteiger partial charge in [0.05, 0.1) is 17.3 Å². The van der Waals surface area contributed by atoms with Gasteiger partial charge in [-0.3, -0.25) is 4.79 Å². The van der Waals surface area contributed by atoms with Gasteiger partial charge in [-0.15, -0.1) is 0 Å². The number of imidazole rings is 1. The van der Waals surface area contributed by atoms with Crippen LogP contribution < -0.4 is 5.01 Å². The number of amides is 1. The number of aromatic nitrogens is 2. The highest BCUT2D eigenvalue weighted by Crippen LogP contribution is 2.29. The van der Waals surface area contributed by atoms with E-state index in [-0.39, 0.29) is 17.7 Å². The number of rotatable bonds is 4. The third-order valence-electron chi connectivity index (χ3n) is 3.70. The monoisotopic (exact) mass is 316 g/mol. The lowest BCUT2D eigenvalue weighted by molar-refractivity contribution is -0.120. The van der Waals surface area contributed by atoms with Gasteiger partial charge < -0.3 is 4.98 Å². The largest absolute Gasteiger partial charge is 0.348 e. The molecule has 0 radical (unpaired) electrons. The van der Waals surface area contributed by atoms with E-state index in [9.17, 15) is 4.79 Å². The Bertz CT molecular complexity index is 691. The minimum absolute atomic E-state index is 0.00104. The predicted octanol–water partition coefficient (Wildman–Crippen LogP) is 3.28. The van der Waals surface area contributed by atoms with E-state index in [2.05, 4.69) is 15.1 Å². The number of hydrogen-bond donors (Lipinski definition) is 1. The SMILES string of the molecule is CC(C)C1C(=O)N(c2ccc(Cl)cc2)N=C1Cc1ncc[nH]1. The molecule has 1 atom stereocenters. The van der Waals surface area contributed by atoms with Crippen LogP contribution >= 0.6 is 11.6 Å². The van der Waals surface area contributed by atoms with Gasteiger partial charge in [0.1, 0.15) is 5.82 Å². The van der Waals surface area contributed by atoms with Crippen molar-refractivity contribution in [3.63, 3.8) is 0 Å². The highest BCUT2D eigenvalue weighted by Gasteiger charge is 2.38. The molecule has 0 saturated carbocycles. The number of anilines is 1. The van der Waals surface area contributed by atoms with Crippen LogP contribution in [0.15, 0.2) is 41.8 Å². The van der Waals surface area contributed by atoms with Gasteiger partial charge in [0.15, 0.2) is 0 Å². The van der Waals surface area contributed by atoms with Crippen molar-refractivity contribution in [2.45, 2.75) is 20.3 Å². The van der Waals surface area contributed by atoms with E-state index in [0.717, 1.165) is 17.2 Å². The Labute approximate surface area is 134 Å². The molecule has 0 spiro atoms. The van der Waals surface area contributed by atoms with E-state index in [4.69, 9.17) is 11.6 Å². The summed E-state index contributed by atoms with van der Waals surface area (Å²) in [6.07, 6.45) is 4.02. The summed E-state index contributed by atoms with van der Waals surface area (Å²) in [4.78, 5) is 20.0. The molecular formula is C16H17ClN4O. The molecule has 0 saturated heterocycles. The zero-order chi connectivity index (χ0) is 15.7. The zero-order valence-electron chi connectivity index (χ0n) is 12.5. The first-order chi connectivity index (χ1) is 10.6. The normalized spacial score (nSPS) is 18.2. The molecule has 1 aromatic heterocycles. The van der Waals surface area contributed by atoms with Crippen molar-refractivity contribution < 1.29 is 4.79 Å². The Balaban J connectivity index is 1.92. The number of carbonyl (C=O) groups excluding carboxylic acids is 1. The molecule has 1 aliphatic heterocycles. The molecule has 6 heteroatoms. The summed E-state index contributed by atoms with van der Waals surface area (Å²) in [6.45, 7) is 4.07. The number of hydrogen-bond acceptors (Lipinski definition) is 3. The smallest absolute Gasteiger partial charge is 0.256 e. The summed E-state index contributed by atoms with van der Waals surface area (Å²) < 4.78 is 0. The maximum atomic E-state index is 12.7. The molecule has 1 N–H and O–H groups in total. The lowest BCUT2D eigenvalue weighted by Crippen LogP contribution is -2.31. The van der Waals surface area contributed by atoms with Crippen molar-refractivity contribution in [1.29, 1.82) is 0 Å². The van der Waals surface area contributed by atoms with Gasteiger partial charge >= 0.3 is 0 Å². The van der Waals surface area contributed by atoms with Crippen molar-refractivity contribution >= 4 is 28.9 Å². The highest BCUT2D eigenvalue weighted by atomic mass is 35.5. The zero-order valence-corrected chi connectivity index (χ0v) is 13.2. The second kappa shape index (κ2) is 5.93. The Hall–Kier alpha value is -2.14. The summed E-state index contributed by atoms with van der Waals surface area (Å²) in [5, 5.41) is 6.65. The van der Waals surface area contributed by atoms with Gasteiger partial charge in [0, 0.05) is 23.8 Å². The number of H-pyrrole nitrogens is 1. The number of halogens is 1. The number of nitrogens with zero attached hydrogens (tertiary/aromatic N) is 3. The van der Waals surface area contributed by atoms with Crippen LogP contribution in [0.1, 0.15) is 19.7 Å². The van der Waals surface area contributed by atoms with Crippen molar-refractivity contribution in [3.8, 4) is 0 Å². The minimum Gasteiger partial charge on any atom is -0.348 e. The van der Waals surface area contributed by atoms with Crippen LogP contribution in [-0.4, -0.2) is 21.6 Å². The van der Waals surface area contributed by atoms with E-state index >= 15 is 0 Å². The number of nitrogens with one attached hydrogen (secondary N) is 1. The Morgan fingerprint density at radius 2 is 2.05 bits per heavy atom. The summed E-state index contributed by atoms with van der Waals surface area (Å²) in [5.74, 6) is 0.772. The summed E-state index contributed by atoms with van der Waals surface area (Å²) >= 11 is 5.91. The fourth-order valence-electron chi connectivity index (χ4n) is 2.66. The average Bonchev–Trinajstić information content (AvgIpc) is 3.08. The van der Waals surface area contributed by atoms with Crippen molar-refractivity contribution in [3.05, 3.63) is 47.5 Å². The van der Waals surface area contributed by atoms with Crippen molar-refractivity contribution in [1.82, 2.24) is 9.97 Å². The molecule has 0 fully saturated rings. The van der Waals surface area contributed by atoms with Crippen molar-refractivity contribution in [2.75, 3.05) is 5.01 Å². The first kappa shape index (κ1) is 14.8. The predicted molar refractivity (Wildman–Crippen MR) is 87.0 cm³/mol. The lowest BCUT2D eigenvalue weighted by atomic mass is 9.89. The fourth-order valence-corrected chi connectivity index (χ4v) is 2.79. The fraction of sp³-hybridized carbons (Fsp3) is 0.312. The quantitative estimate of drug-likeness (QED) is 0.941. The minimum atomic E-state index is -0.222. The molecule has 22 heavy (non-hydrogen) atoms. The molecule has 2 aromatic rings. The Morgan fingerprint density at radius 3 is 2.64 bits per heavy atom. The third kappa shape index (κ3) is 2.76. The summed E-state index contributed by atoms with van der Waals surface area (Å²) in [6, 6.07) is 7.12. The summed E-state index contributed by atoms with van der Waals surface area (Å²) in [7, 11) is 0. The Kier molecular flexibility index (Phi) is 3.98. The molecule has 2 heterocycles. The van der Waals surface area contributed by atoms with E-state index in [1.807, 2.05) is 13.8 Å². The lowest BCUT2D eigenvalue weighted by Gasteiger charge is -2.17. The van der Waals surface area contributed by atoms with Gasteiger partial charge in [-0.2, -0.15) is 5.10 Å². The first-order valence-electron chi connectivity index (χ1n) is 7.21. The average molecular weight is 317 g/mol. The van der Waals surface area contributed by atoms with Crippen LogP contribution in [0.25, 0.3) is 0 Å². The van der Waals surface area contributed by atoms with Crippen LogP contribution in [0.5, 0.6) is 0 Å². The molecule has 0 bridgehead atoms. The van der Waals surface area contributed by atoms with Gasteiger partial charge in [0.25, 0.3) is 5.91 Å². The van der Waals surface area contributed by atoms with Gasteiger partial charge in [-0.25, -0.2) is 9.99 Å². The number of carbonyl (C=O) groups is 1. The van der Waals surface area contributed by atoms with Crippen molar-refractivity contribution in [2.24, 2.45) is 16.9 Å². The number of hydrazone groups is 1. The highest BCUT2D eigenvalue weighted by molar-refractivity contribution is 6.30. The molecule has 114 valence electrons. The van der Waals surface area contributed by atoms with Crippen LogP contribution in [0.3, 0.4) is 0 Å². The number of benzene rings is 1. The molecule has 1 aliphatic rings. The standard InChI is InChI=1S/C16H17ClN4O/c1-10(2)15-13(9-14-18-7-8-19-14)20-21(16(15)22)12-5-3-11(17)4-6-12/h3-8,10,15H,9H2,1-2H3,(H,18,19). The topological polar surface area (TPSA) is 61.4 Å².